The molecular weight excluding hydrogens is 187 g/mol. The number of carbonyl (C=O) groups excluding carboxylic acids is 2. The zero-order valence-electron chi connectivity index (χ0n) is 7.92. The smallest absolute Gasteiger partial charge is 0.352 e. The van der Waals surface area contributed by atoms with Gasteiger partial charge in [-0.05, 0) is 19.3 Å². The van der Waals surface area contributed by atoms with E-state index in [1.54, 1.807) is 0 Å². The third-order valence-electron chi connectivity index (χ3n) is 2.27. The molecule has 1 rings (SSSR count). The molecule has 0 aliphatic heterocycles. The van der Waals surface area contributed by atoms with Crippen molar-refractivity contribution in [2.45, 2.75) is 31.4 Å². The SMILES string of the molecule is C=CCOC(=O)C1(F)CCCCC1=O. The van der Waals surface area contributed by atoms with Gasteiger partial charge in [0.15, 0.2) is 5.78 Å². The molecule has 0 radical (unpaired) electrons. The molecule has 1 atom stereocenters. The lowest BCUT2D eigenvalue weighted by atomic mass is 9.85. The summed E-state index contributed by atoms with van der Waals surface area (Å²) in [6.07, 6.45) is 2.61. The molecule has 0 aromatic carbocycles. The number of rotatable bonds is 3. The van der Waals surface area contributed by atoms with E-state index >= 15 is 0 Å². The molecule has 1 unspecified atom stereocenters. The summed E-state index contributed by atoms with van der Waals surface area (Å²) < 4.78 is 18.4. The van der Waals surface area contributed by atoms with E-state index in [0.717, 1.165) is 0 Å². The predicted molar refractivity (Wildman–Crippen MR) is 48.5 cm³/mol. The van der Waals surface area contributed by atoms with Gasteiger partial charge in [-0.2, -0.15) is 0 Å². The number of halogens is 1. The molecule has 0 spiro atoms. The van der Waals surface area contributed by atoms with Gasteiger partial charge in [-0.3, -0.25) is 4.79 Å². The van der Waals surface area contributed by atoms with E-state index in [2.05, 4.69) is 11.3 Å². The van der Waals surface area contributed by atoms with Crippen molar-refractivity contribution in [3.8, 4) is 0 Å². The molecule has 1 aliphatic carbocycles. The highest BCUT2D eigenvalue weighted by Crippen LogP contribution is 2.29. The first-order chi connectivity index (χ1) is 6.61. The summed E-state index contributed by atoms with van der Waals surface area (Å²) >= 11 is 0. The second kappa shape index (κ2) is 4.35. The highest BCUT2D eigenvalue weighted by atomic mass is 19.1. The lowest BCUT2D eigenvalue weighted by Gasteiger charge is -2.25. The number of ether oxygens (including phenoxy) is 1. The number of hydrogen-bond donors (Lipinski definition) is 0. The Balaban J connectivity index is 2.66. The van der Waals surface area contributed by atoms with E-state index in [0.29, 0.717) is 12.8 Å². The third-order valence-corrected chi connectivity index (χ3v) is 2.27. The minimum atomic E-state index is -2.40. The number of Topliss-reactive ketones (excluding diaryl/α,β-unsaturated/α-hetero) is 1. The number of alkyl halides is 1. The van der Waals surface area contributed by atoms with Crippen molar-refractivity contribution in [2.24, 2.45) is 0 Å². The van der Waals surface area contributed by atoms with Gasteiger partial charge in [0.25, 0.3) is 5.67 Å². The maximum absolute atomic E-state index is 13.8. The molecule has 0 bridgehead atoms. The predicted octanol–water partition coefficient (Wildman–Crippen LogP) is 1.57. The van der Waals surface area contributed by atoms with Gasteiger partial charge in [-0.15, -0.1) is 0 Å². The average Bonchev–Trinajstić information content (AvgIpc) is 2.19. The summed E-state index contributed by atoms with van der Waals surface area (Å²) in [6.45, 7) is 3.28. The highest BCUT2D eigenvalue weighted by molar-refractivity contribution is 6.07. The Kier molecular flexibility index (Phi) is 3.38. The van der Waals surface area contributed by atoms with Crippen molar-refractivity contribution in [3.05, 3.63) is 12.7 Å². The molecule has 1 aliphatic rings. The van der Waals surface area contributed by atoms with Crippen LogP contribution < -0.4 is 0 Å². The van der Waals surface area contributed by atoms with Crippen LogP contribution in [0.2, 0.25) is 0 Å². The first-order valence-corrected chi connectivity index (χ1v) is 4.61. The van der Waals surface area contributed by atoms with Gasteiger partial charge in [-0.1, -0.05) is 12.7 Å². The quantitative estimate of drug-likeness (QED) is 0.394. The second-order valence-corrected chi connectivity index (χ2v) is 3.32. The van der Waals surface area contributed by atoms with Crippen molar-refractivity contribution in [1.82, 2.24) is 0 Å². The van der Waals surface area contributed by atoms with Gasteiger partial charge in [-0.25, -0.2) is 9.18 Å². The van der Waals surface area contributed by atoms with Crippen LogP contribution in [0.4, 0.5) is 4.39 Å². The standard InChI is InChI=1S/C10H13FO3/c1-2-7-14-9(13)10(11)6-4-3-5-8(10)12/h2H,1,3-7H2. The lowest BCUT2D eigenvalue weighted by Crippen LogP contribution is -2.45. The van der Waals surface area contributed by atoms with Gasteiger partial charge in [0.1, 0.15) is 6.61 Å². The van der Waals surface area contributed by atoms with Gasteiger partial charge >= 0.3 is 5.97 Å². The molecule has 0 N–H and O–H groups in total. The molecule has 0 aromatic rings. The van der Waals surface area contributed by atoms with E-state index in [4.69, 9.17) is 0 Å². The van der Waals surface area contributed by atoms with Crippen molar-refractivity contribution in [2.75, 3.05) is 6.61 Å². The first kappa shape index (κ1) is 10.9. The highest BCUT2D eigenvalue weighted by Gasteiger charge is 2.48. The van der Waals surface area contributed by atoms with E-state index in [1.807, 2.05) is 0 Å². The Morgan fingerprint density at radius 2 is 2.36 bits per heavy atom. The van der Waals surface area contributed by atoms with Crippen molar-refractivity contribution >= 4 is 11.8 Å². The number of esters is 1. The topological polar surface area (TPSA) is 43.4 Å². The first-order valence-electron chi connectivity index (χ1n) is 4.61. The Morgan fingerprint density at radius 1 is 1.64 bits per heavy atom. The molecule has 78 valence electrons. The summed E-state index contributed by atoms with van der Waals surface area (Å²) in [5.41, 5.74) is -2.40. The molecule has 14 heavy (non-hydrogen) atoms. The Bertz CT molecular complexity index is 262. The molecular formula is C10H13FO3. The maximum Gasteiger partial charge on any atom is 0.352 e. The minimum Gasteiger partial charge on any atom is -0.459 e. The number of carbonyl (C=O) groups is 2. The van der Waals surface area contributed by atoms with E-state index in [-0.39, 0.29) is 19.4 Å². The molecule has 0 aromatic heterocycles. The van der Waals surface area contributed by atoms with Crippen molar-refractivity contribution in [1.29, 1.82) is 0 Å². The Hall–Kier alpha value is -1.19. The van der Waals surface area contributed by atoms with Gasteiger partial charge in [0, 0.05) is 6.42 Å². The molecule has 0 saturated heterocycles. The fourth-order valence-electron chi connectivity index (χ4n) is 1.46. The minimum absolute atomic E-state index is 0.0538. The Morgan fingerprint density at radius 3 is 2.93 bits per heavy atom. The van der Waals surface area contributed by atoms with Crippen LogP contribution in [0.3, 0.4) is 0 Å². The number of ketones is 1. The fraction of sp³-hybridized carbons (Fsp3) is 0.600. The molecule has 1 fully saturated rings. The summed E-state index contributed by atoms with van der Waals surface area (Å²) in [6, 6.07) is 0. The summed E-state index contributed by atoms with van der Waals surface area (Å²) in [7, 11) is 0. The summed E-state index contributed by atoms with van der Waals surface area (Å²) in [5, 5.41) is 0. The van der Waals surface area contributed by atoms with Gasteiger partial charge in [0.2, 0.25) is 0 Å². The zero-order valence-corrected chi connectivity index (χ0v) is 7.92. The van der Waals surface area contributed by atoms with Crippen LogP contribution >= 0.6 is 0 Å². The number of hydrogen-bond acceptors (Lipinski definition) is 3. The Labute approximate surface area is 81.9 Å². The van der Waals surface area contributed by atoms with Crippen LogP contribution in [0.1, 0.15) is 25.7 Å². The van der Waals surface area contributed by atoms with Gasteiger partial charge < -0.3 is 4.74 Å². The molecule has 3 nitrogen and oxygen atoms in total. The van der Waals surface area contributed by atoms with Crippen molar-refractivity contribution in [3.63, 3.8) is 0 Å². The fourth-order valence-corrected chi connectivity index (χ4v) is 1.46. The largest absolute Gasteiger partial charge is 0.459 e. The average molecular weight is 200 g/mol. The van der Waals surface area contributed by atoms with Crippen molar-refractivity contribution < 1.29 is 18.7 Å². The summed E-state index contributed by atoms with van der Waals surface area (Å²) in [4.78, 5) is 22.4. The summed E-state index contributed by atoms with van der Waals surface area (Å²) in [5.74, 6) is -1.72. The monoisotopic (exact) mass is 200 g/mol. The van der Waals surface area contributed by atoms with Crippen LogP contribution in [0.15, 0.2) is 12.7 Å². The van der Waals surface area contributed by atoms with E-state index in [9.17, 15) is 14.0 Å². The van der Waals surface area contributed by atoms with Crippen LogP contribution in [-0.2, 0) is 14.3 Å². The van der Waals surface area contributed by atoms with E-state index in [1.165, 1.54) is 6.08 Å². The normalized spacial score (nSPS) is 27.1. The van der Waals surface area contributed by atoms with Crippen LogP contribution in [0, 0.1) is 0 Å². The van der Waals surface area contributed by atoms with Crippen LogP contribution in [0.25, 0.3) is 0 Å². The lowest BCUT2D eigenvalue weighted by molar-refractivity contribution is -0.163. The van der Waals surface area contributed by atoms with Crippen LogP contribution in [-0.4, -0.2) is 24.0 Å². The molecule has 1 saturated carbocycles. The second-order valence-electron chi connectivity index (χ2n) is 3.32. The molecule has 4 heteroatoms. The van der Waals surface area contributed by atoms with E-state index < -0.39 is 17.4 Å². The van der Waals surface area contributed by atoms with Gasteiger partial charge in [0.05, 0.1) is 0 Å². The molecule has 0 amide bonds. The zero-order chi connectivity index (χ0) is 10.6. The molecule has 0 heterocycles. The maximum atomic E-state index is 13.8. The third kappa shape index (κ3) is 2.00. The van der Waals surface area contributed by atoms with Crippen LogP contribution in [0.5, 0.6) is 0 Å².